The highest BCUT2D eigenvalue weighted by molar-refractivity contribution is 6.02. The number of hydrogen-bond donors (Lipinski definition) is 0. The molecule has 0 aliphatic carbocycles. The van der Waals surface area contributed by atoms with Crippen LogP contribution in [0, 0.1) is 5.92 Å². The van der Waals surface area contributed by atoms with Crippen LogP contribution in [0.2, 0.25) is 0 Å². The van der Waals surface area contributed by atoms with Gasteiger partial charge in [0.05, 0.1) is 12.5 Å². The van der Waals surface area contributed by atoms with Gasteiger partial charge in [0.1, 0.15) is 17.3 Å². The fraction of sp³-hybridized carbons (Fsp3) is 0.579. The Morgan fingerprint density at radius 3 is 2.09 bits per heavy atom. The Bertz CT molecular complexity index is 423. The van der Waals surface area contributed by atoms with Crippen molar-refractivity contribution in [1.29, 1.82) is 0 Å². The maximum absolute atomic E-state index is 11.8. The van der Waals surface area contributed by atoms with Crippen LogP contribution in [0.25, 0.3) is 0 Å². The summed E-state index contributed by atoms with van der Waals surface area (Å²) in [5, 5.41) is 0. The largest absolute Gasteiger partial charge is 0.494 e. The smallest absolute Gasteiger partial charge is 0.143 e. The summed E-state index contributed by atoms with van der Waals surface area (Å²) in [6, 6.07) is 9.81. The molecule has 0 spiro atoms. The summed E-state index contributed by atoms with van der Waals surface area (Å²) in [5.74, 6) is 0.735. The molecule has 0 heterocycles. The topological polar surface area (TPSA) is 43.4 Å². The van der Waals surface area contributed by atoms with E-state index < -0.39 is 0 Å². The molecule has 122 valence electrons. The molecule has 22 heavy (non-hydrogen) atoms. The average Bonchev–Trinajstić information content (AvgIpc) is 2.57. The van der Waals surface area contributed by atoms with Crippen molar-refractivity contribution >= 4 is 11.6 Å². The van der Waals surface area contributed by atoms with Gasteiger partial charge in [-0.2, -0.15) is 0 Å². The summed E-state index contributed by atoms with van der Waals surface area (Å²) in [6.45, 7) is 4.38. The van der Waals surface area contributed by atoms with E-state index in [1.807, 2.05) is 44.2 Å². The van der Waals surface area contributed by atoms with Gasteiger partial charge in [0.2, 0.25) is 0 Å². The molecule has 0 amide bonds. The molecule has 0 aromatic heterocycles. The molecule has 1 rings (SSSR count). The van der Waals surface area contributed by atoms with E-state index in [2.05, 4.69) is 0 Å². The van der Waals surface area contributed by atoms with Gasteiger partial charge in [0.25, 0.3) is 0 Å². The Hall–Kier alpha value is -1.64. The number of carbonyl (C=O) groups is 2. The van der Waals surface area contributed by atoms with Crippen molar-refractivity contribution < 1.29 is 14.3 Å². The van der Waals surface area contributed by atoms with Gasteiger partial charge in [-0.3, -0.25) is 9.59 Å². The highest BCUT2D eigenvalue weighted by atomic mass is 16.5. The maximum Gasteiger partial charge on any atom is 0.143 e. The van der Waals surface area contributed by atoms with Crippen molar-refractivity contribution in [2.24, 2.45) is 5.92 Å². The predicted octanol–water partition coefficient (Wildman–Crippen LogP) is 4.59. The number of para-hydroxylation sites is 1. The van der Waals surface area contributed by atoms with Crippen LogP contribution < -0.4 is 4.74 Å². The minimum Gasteiger partial charge on any atom is -0.494 e. The summed E-state index contributed by atoms with van der Waals surface area (Å²) in [4.78, 5) is 23.6. The lowest BCUT2D eigenvalue weighted by molar-refractivity contribution is -0.132. The molecule has 0 fully saturated rings. The third-order valence-electron chi connectivity index (χ3n) is 3.87. The third-order valence-corrected chi connectivity index (χ3v) is 3.87. The summed E-state index contributed by atoms with van der Waals surface area (Å²) in [6.07, 6.45) is 5.68. The molecular weight excluding hydrogens is 276 g/mol. The van der Waals surface area contributed by atoms with E-state index in [9.17, 15) is 9.59 Å². The Labute approximate surface area is 134 Å². The molecule has 0 aliphatic heterocycles. The van der Waals surface area contributed by atoms with Gasteiger partial charge in [-0.1, -0.05) is 51.3 Å². The first kappa shape index (κ1) is 18.4. The number of rotatable bonds is 12. The quantitative estimate of drug-likeness (QED) is 0.419. The molecule has 0 radical (unpaired) electrons. The minimum absolute atomic E-state index is 0.0965. The molecule has 0 saturated heterocycles. The molecule has 0 N–H and O–H groups in total. The van der Waals surface area contributed by atoms with Crippen LogP contribution in [0.15, 0.2) is 30.3 Å². The maximum atomic E-state index is 11.8. The number of benzene rings is 1. The van der Waals surface area contributed by atoms with Gasteiger partial charge in [0.15, 0.2) is 0 Å². The zero-order chi connectivity index (χ0) is 16.2. The monoisotopic (exact) mass is 304 g/mol. The third kappa shape index (κ3) is 6.88. The summed E-state index contributed by atoms with van der Waals surface area (Å²) >= 11 is 0. The summed E-state index contributed by atoms with van der Waals surface area (Å²) in [7, 11) is 0. The Kier molecular flexibility index (Phi) is 9.20. The second kappa shape index (κ2) is 11.0. The van der Waals surface area contributed by atoms with E-state index in [1.165, 1.54) is 0 Å². The van der Waals surface area contributed by atoms with Gasteiger partial charge >= 0.3 is 0 Å². The Morgan fingerprint density at radius 2 is 1.50 bits per heavy atom. The van der Waals surface area contributed by atoms with E-state index >= 15 is 0 Å². The molecule has 0 unspecified atom stereocenters. The highest BCUT2D eigenvalue weighted by Crippen LogP contribution is 2.16. The first-order valence-electron chi connectivity index (χ1n) is 8.42. The van der Waals surface area contributed by atoms with Crippen LogP contribution in [-0.4, -0.2) is 18.2 Å². The van der Waals surface area contributed by atoms with Crippen LogP contribution in [-0.2, 0) is 9.59 Å². The van der Waals surface area contributed by atoms with Crippen LogP contribution >= 0.6 is 0 Å². The molecule has 0 aliphatic rings. The lowest BCUT2D eigenvalue weighted by Crippen LogP contribution is -2.22. The molecular formula is C19H28O3. The number of carbonyl (C=O) groups excluding carboxylic acids is 2. The molecule has 0 saturated carbocycles. The number of hydrogen-bond acceptors (Lipinski definition) is 3. The van der Waals surface area contributed by atoms with Crippen molar-refractivity contribution in [1.82, 2.24) is 0 Å². The lowest BCUT2D eigenvalue weighted by atomic mass is 9.90. The first-order chi connectivity index (χ1) is 10.7. The zero-order valence-corrected chi connectivity index (χ0v) is 13.8. The van der Waals surface area contributed by atoms with Crippen molar-refractivity contribution in [3.63, 3.8) is 0 Å². The highest BCUT2D eigenvalue weighted by Gasteiger charge is 2.22. The van der Waals surface area contributed by atoms with Gasteiger partial charge in [-0.25, -0.2) is 0 Å². The fourth-order valence-corrected chi connectivity index (χ4v) is 2.51. The molecule has 0 atom stereocenters. The minimum atomic E-state index is -0.365. The second-order valence-electron chi connectivity index (χ2n) is 5.56. The number of Topliss-reactive ketones (excluding diaryl/α,β-unsaturated/α-hetero) is 2. The van der Waals surface area contributed by atoms with E-state index in [-0.39, 0.29) is 17.5 Å². The molecule has 0 bridgehead atoms. The Morgan fingerprint density at radius 1 is 0.909 bits per heavy atom. The van der Waals surface area contributed by atoms with Crippen LogP contribution in [0.5, 0.6) is 5.75 Å². The number of ketones is 2. The van der Waals surface area contributed by atoms with E-state index in [4.69, 9.17) is 4.74 Å². The first-order valence-corrected chi connectivity index (χ1v) is 8.42. The van der Waals surface area contributed by atoms with Crippen molar-refractivity contribution in [2.75, 3.05) is 6.61 Å². The van der Waals surface area contributed by atoms with Crippen molar-refractivity contribution in [3.05, 3.63) is 30.3 Å². The normalized spacial score (nSPS) is 10.7. The molecule has 1 aromatic carbocycles. The standard InChI is InChI=1S/C19H28O3/c1-3-18(20)17(19(21)4-2)14-10-5-6-11-15-22-16-12-8-7-9-13-16/h7-9,12-13,17H,3-6,10-11,14-15H2,1-2H3. The fourth-order valence-electron chi connectivity index (χ4n) is 2.51. The zero-order valence-electron chi connectivity index (χ0n) is 13.8. The van der Waals surface area contributed by atoms with Crippen LogP contribution in [0.4, 0.5) is 0 Å². The van der Waals surface area contributed by atoms with Crippen molar-refractivity contribution in [2.45, 2.75) is 58.8 Å². The van der Waals surface area contributed by atoms with E-state index in [1.54, 1.807) is 0 Å². The second-order valence-corrected chi connectivity index (χ2v) is 5.56. The number of unbranched alkanes of at least 4 members (excludes halogenated alkanes) is 3. The van der Waals surface area contributed by atoms with Gasteiger partial charge in [-0.15, -0.1) is 0 Å². The molecule has 3 heteroatoms. The predicted molar refractivity (Wildman–Crippen MR) is 89.1 cm³/mol. The lowest BCUT2D eigenvalue weighted by Gasteiger charge is -2.12. The average molecular weight is 304 g/mol. The van der Waals surface area contributed by atoms with Gasteiger partial charge in [-0.05, 0) is 25.0 Å². The van der Waals surface area contributed by atoms with E-state index in [0.717, 1.165) is 38.0 Å². The van der Waals surface area contributed by atoms with Gasteiger partial charge in [0, 0.05) is 12.8 Å². The summed E-state index contributed by atoms with van der Waals surface area (Å²) < 4.78 is 5.64. The van der Waals surface area contributed by atoms with Gasteiger partial charge < -0.3 is 4.74 Å². The number of ether oxygens (including phenoxy) is 1. The Balaban J connectivity index is 2.13. The summed E-state index contributed by atoms with van der Waals surface area (Å²) in [5.41, 5.74) is 0. The molecule has 1 aromatic rings. The van der Waals surface area contributed by atoms with Crippen LogP contribution in [0.3, 0.4) is 0 Å². The van der Waals surface area contributed by atoms with Crippen molar-refractivity contribution in [3.8, 4) is 5.75 Å². The van der Waals surface area contributed by atoms with E-state index in [0.29, 0.717) is 19.3 Å². The SMILES string of the molecule is CCC(=O)C(CCCCCCOc1ccccc1)C(=O)CC. The molecule has 3 nitrogen and oxygen atoms in total. The van der Waals surface area contributed by atoms with Crippen LogP contribution in [0.1, 0.15) is 58.8 Å².